The molecule has 2 aromatic heterocycles. The van der Waals surface area contributed by atoms with E-state index in [1.807, 2.05) is 13.2 Å². The summed E-state index contributed by atoms with van der Waals surface area (Å²) >= 11 is 13.5. The van der Waals surface area contributed by atoms with E-state index in [-0.39, 0.29) is 5.65 Å². The number of aliphatic hydroxyl groups is 2. The number of hydrogen-bond acceptors (Lipinski definition) is 14. The Morgan fingerprint density at radius 1 is 1.15 bits per heavy atom. The first-order valence-corrected chi connectivity index (χ1v) is 19.3. The molecule has 1 saturated heterocycles. The number of phosphoric acid groups is 1. The molecule has 234 valence electrons. The highest BCUT2D eigenvalue weighted by Gasteiger charge is 2.62. The standard InChI is InChI=1S/C17H28Cl2N5O12P3S2/c1-3-5-41-16-22-13(20-4-6-40-2)10-14(23-16)24(8-21-10)15-12(26)11(25)9(35-15)7-34-39(32,33)36-38(30,31)17(18,19)37(27,28)29/h8-9,11-12,15,25-26H,3-7H2,1-2H3,(H,30,31)(H,32,33)(H,20,22,23)(H2,27,28,29)/t9-,11-,12-,15-/m1/s1. The first-order valence-electron chi connectivity index (χ1n) is 11.5. The van der Waals surface area contributed by atoms with E-state index in [0.29, 0.717) is 23.0 Å². The van der Waals surface area contributed by atoms with Crippen LogP contribution in [-0.2, 0) is 27.3 Å². The zero-order valence-corrected chi connectivity index (χ0v) is 27.1. The molecular formula is C17H28Cl2N5O12P3S2. The van der Waals surface area contributed by atoms with Gasteiger partial charge in [0.1, 0.15) is 18.3 Å². The van der Waals surface area contributed by atoms with Crippen molar-refractivity contribution in [2.75, 3.05) is 36.2 Å². The number of imidazole rings is 1. The number of anilines is 1. The summed E-state index contributed by atoms with van der Waals surface area (Å²) in [7, 11) is -17.2. The number of thioether (sulfide) groups is 2. The summed E-state index contributed by atoms with van der Waals surface area (Å²) in [5.74, 6) is 1.98. The number of hydrogen-bond donors (Lipinski definition) is 7. The molecule has 0 saturated carbocycles. The van der Waals surface area contributed by atoms with Crippen molar-refractivity contribution in [2.45, 2.75) is 46.9 Å². The van der Waals surface area contributed by atoms with Crippen molar-refractivity contribution >= 4 is 86.7 Å². The molecule has 3 heterocycles. The van der Waals surface area contributed by atoms with E-state index >= 15 is 0 Å². The molecular weight excluding hydrogens is 694 g/mol. The second-order valence-corrected chi connectivity index (χ2v) is 18.5. The molecule has 0 spiro atoms. The number of ether oxygens (including phenoxy) is 1. The lowest BCUT2D eigenvalue weighted by Crippen LogP contribution is -2.33. The zero-order chi connectivity index (χ0) is 30.8. The van der Waals surface area contributed by atoms with E-state index < -0.39 is 58.0 Å². The van der Waals surface area contributed by atoms with E-state index in [2.05, 4.69) is 29.1 Å². The normalized spacial score (nSPS) is 24.8. The third-order valence-electron chi connectivity index (χ3n) is 5.35. The summed E-state index contributed by atoms with van der Waals surface area (Å²) < 4.78 is 47.6. The van der Waals surface area contributed by atoms with Crippen LogP contribution in [0, 0.1) is 0 Å². The lowest BCUT2D eigenvalue weighted by molar-refractivity contribution is -0.0502. The number of nitrogens with one attached hydrogen (secondary N) is 1. The summed E-state index contributed by atoms with van der Waals surface area (Å²) in [6, 6.07) is 0. The van der Waals surface area contributed by atoms with E-state index in [1.165, 1.54) is 22.7 Å². The minimum Gasteiger partial charge on any atom is -0.387 e. The fourth-order valence-electron chi connectivity index (χ4n) is 3.38. The van der Waals surface area contributed by atoms with Crippen LogP contribution in [0.15, 0.2) is 11.5 Å². The highest BCUT2D eigenvalue weighted by Crippen LogP contribution is 2.79. The maximum atomic E-state index is 12.3. The van der Waals surface area contributed by atoms with Gasteiger partial charge in [-0.15, -0.1) is 0 Å². The lowest BCUT2D eigenvalue weighted by atomic mass is 10.1. The Kier molecular flexibility index (Phi) is 12.1. The summed E-state index contributed by atoms with van der Waals surface area (Å²) in [5.41, 5.74) is 0.623. The first-order chi connectivity index (χ1) is 19.0. The Balaban J connectivity index is 1.80. The van der Waals surface area contributed by atoms with Crippen molar-refractivity contribution in [3.05, 3.63) is 6.33 Å². The van der Waals surface area contributed by atoms with Crippen molar-refractivity contribution < 1.29 is 57.1 Å². The molecule has 24 heteroatoms. The van der Waals surface area contributed by atoms with E-state index in [9.17, 15) is 33.7 Å². The van der Waals surface area contributed by atoms with Crippen LogP contribution in [0.3, 0.4) is 0 Å². The van der Waals surface area contributed by atoms with Gasteiger partial charge in [0.25, 0.3) is 0 Å². The van der Waals surface area contributed by atoms with Gasteiger partial charge >= 0.3 is 26.8 Å². The highest BCUT2D eigenvalue weighted by molar-refractivity contribution is 7.99. The Labute approximate surface area is 252 Å². The van der Waals surface area contributed by atoms with Gasteiger partial charge < -0.3 is 39.8 Å². The van der Waals surface area contributed by atoms with Crippen molar-refractivity contribution in [1.29, 1.82) is 0 Å². The van der Waals surface area contributed by atoms with Crippen LogP contribution in [0.2, 0.25) is 0 Å². The van der Waals surface area contributed by atoms with Gasteiger partial charge in [0, 0.05) is 18.1 Å². The van der Waals surface area contributed by atoms with Crippen LogP contribution in [0.1, 0.15) is 19.6 Å². The number of aromatic nitrogens is 4. The summed E-state index contributed by atoms with van der Waals surface area (Å²) in [5, 5.41) is 24.9. The molecule has 6 atom stereocenters. The highest BCUT2D eigenvalue weighted by atomic mass is 35.5. The zero-order valence-electron chi connectivity index (χ0n) is 21.3. The smallest absolute Gasteiger partial charge is 0.387 e. The quantitative estimate of drug-likeness (QED) is 0.0458. The SMILES string of the molecule is CCCSc1nc(NCCSC)c2ncn([C@@H]3O[C@H](COP(=O)(O)OP(=O)(O)C(Cl)(Cl)P(=O)(O)O)[C@@H](O)[C@H]3O)c2n1. The second-order valence-electron chi connectivity index (χ2n) is 8.41. The number of aliphatic hydroxyl groups excluding tert-OH is 2. The number of halogens is 2. The third-order valence-corrected chi connectivity index (χ3v) is 14.7. The van der Waals surface area contributed by atoms with Gasteiger partial charge in [-0.3, -0.25) is 18.2 Å². The molecule has 3 rings (SSSR count). The van der Waals surface area contributed by atoms with E-state index in [0.717, 1.165) is 17.9 Å². The number of alkyl halides is 2. The number of nitrogens with zero attached hydrogens (tertiary/aromatic N) is 4. The van der Waals surface area contributed by atoms with Crippen molar-refractivity contribution in [2.24, 2.45) is 0 Å². The predicted octanol–water partition coefficient (Wildman–Crippen LogP) is 2.31. The molecule has 1 fully saturated rings. The molecule has 2 aromatic rings. The third kappa shape index (κ3) is 8.17. The average molecular weight is 722 g/mol. The topological polar surface area (TPSA) is 256 Å². The summed E-state index contributed by atoms with van der Waals surface area (Å²) in [4.78, 5) is 51.1. The molecule has 7 N–H and O–H groups in total. The Hall–Kier alpha value is -0.0400. The van der Waals surface area contributed by atoms with Crippen LogP contribution in [-0.4, -0.2) is 102 Å². The molecule has 0 amide bonds. The maximum Gasteiger partial charge on any atom is 0.479 e. The number of rotatable bonds is 15. The molecule has 2 unspecified atom stereocenters. The fraction of sp³-hybridized carbons (Fsp3) is 0.706. The Morgan fingerprint density at radius 3 is 2.44 bits per heavy atom. The molecule has 0 aromatic carbocycles. The van der Waals surface area contributed by atoms with Crippen molar-refractivity contribution in [3.63, 3.8) is 0 Å². The number of fused-ring (bicyclic) bond motifs is 1. The minimum absolute atomic E-state index is 0.262. The Morgan fingerprint density at radius 2 is 1.83 bits per heavy atom. The van der Waals surface area contributed by atoms with E-state index in [4.69, 9.17) is 37.7 Å². The van der Waals surface area contributed by atoms with Gasteiger partial charge in [-0.1, -0.05) is 41.9 Å². The van der Waals surface area contributed by atoms with Crippen LogP contribution < -0.4 is 5.32 Å². The minimum atomic E-state index is -5.89. The maximum absolute atomic E-state index is 12.3. The average Bonchev–Trinajstić information content (AvgIpc) is 3.41. The van der Waals surface area contributed by atoms with Gasteiger partial charge in [0.15, 0.2) is 28.4 Å². The van der Waals surface area contributed by atoms with Crippen LogP contribution in [0.4, 0.5) is 5.82 Å². The summed E-state index contributed by atoms with van der Waals surface area (Å²) in [6.45, 7) is 1.59. The van der Waals surface area contributed by atoms with Crippen molar-refractivity contribution in [3.8, 4) is 0 Å². The predicted molar refractivity (Wildman–Crippen MR) is 152 cm³/mol. The van der Waals surface area contributed by atoms with Crippen LogP contribution in [0.25, 0.3) is 11.2 Å². The molecule has 1 aliphatic rings. The molecule has 0 aliphatic carbocycles. The molecule has 0 bridgehead atoms. The van der Waals surface area contributed by atoms with Gasteiger partial charge in [0.2, 0.25) is 0 Å². The van der Waals surface area contributed by atoms with Gasteiger partial charge in [-0.25, -0.2) is 23.8 Å². The molecule has 0 radical (unpaired) electrons. The second kappa shape index (κ2) is 13.9. The Bertz CT molecular complexity index is 1370. The van der Waals surface area contributed by atoms with Gasteiger partial charge in [0.05, 0.1) is 12.9 Å². The summed E-state index contributed by atoms with van der Waals surface area (Å²) in [6.07, 6.45) is -2.01. The fourth-order valence-corrected chi connectivity index (χ4v) is 8.61. The lowest BCUT2D eigenvalue weighted by Gasteiger charge is -2.26. The molecule has 1 aliphatic heterocycles. The number of phosphoric ester groups is 1. The van der Waals surface area contributed by atoms with Crippen LogP contribution >= 0.6 is 69.7 Å². The molecule has 17 nitrogen and oxygen atoms in total. The van der Waals surface area contributed by atoms with Crippen molar-refractivity contribution in [1.82, 2.24) is 19.5 Å². The van der Waals surface area contributed by atoms with Gasteiger partial charge in [-0.2, -0.15) is 11.8 Å². The van der Waals surface area contributed by atoms with Crippen LogP contribution in [0.5, 0.6) is 0 Å². The monoisotopic (exact) mass is 721 g/mol. The molecule has 41 heavy (non-hydrogen) atoms. The largest absolute Gasteiger partial charge is 0.479 e. The van der Waals surface area contributed by atoms with E-state index in [1.54, 1.807) is 11.8 Å². The first kappa shape index (κ1) is 35.4. The van der Waals surface area contributed by atoms with Gasteiger partial charge in [-0.05, 0) is 12.7 Å².